The SMILES string of the molecule is N#Cc1ccc2c(c1)c(=O)n(-c1ccc(OCc3ccccc3)cc1)n2-c1ccccc1. The van der Waals surface area contributed by atoms with Gasteiger partial charge in [0.05, 0.1) is 33.9 Å². The van der Waals surface area contributed by atoms with Crippen LogP contribution in [-0.4, -0.2) is 9.36 Å². The summed E-state index contributed by atoms with van der Waals surface area (Å²) in [6.45, 7) is 0.474. The van der Waals surface area contributed by atoms with Gasteiger partial charge in [0.25, 0.3) is 5.56 Å². The average Bonchev–Trinajstić information content (AvgIpc) is 3.16. The van der Waals surface area contributed by atoms with Gasteiger partial charge in [-0.1, -0.05) is 48.5 Å². The van der Waals surface area contributed by atoms with E-state index in [1.54, 1.807) is 16.8 Å². The lowest BCUT2D eigenvalue weighted by Crippen LogP contribution is -2.20. The molecule has 0 saturated heterocycles. The molecular formula is C27H19N3O2. The van der Waals surface area contributed by atoms with Crippen LogP contribution in [0.3, 0.4) is 0 Å². The molecule has 0 bridgehead atoms. The third-order valence-corrected chi connectivity index (χ3v) is 5.31. The van der Waals surface area contributed by atoms with E-state index >= 15 is 0 Å². The smallest absolute Gasteiger partial charge is 0.279 e. The van der Waals surface area contributed by atoms with Crippen LogP contribution in [0, 0.1) is 11.3 Å². The summed E-state index contributed by atoms with van der Waals surface area (Å²) < 4.78 is 9.39. The summed E-state index contributed by atoms with van der Waals surface area (Å²) in [6.07, 6.45) is 0. The van der Waals surface area contributed by atoms with Crippen molar-refractivity contribution in [1.29, 1.82) is 5.26 Å². The number of hydrogen-bond acceptors (Lipinski definition) is 3. The molecule has 0 saturated carbocycles. The number of rotatable bonds is 5. The third-order valence-electron chi connectivity index (χ3n) is 5.31. The lowest BCUT2D eigenvalue weighted by Gasteiger charge is -2.14. The van der Waals surface area contributed by atoms with Gasteiger partial charge in [-0.2, -0.15) is 5.26 Å². The molecule has 1 heterocycles. The highest BCUT2D eigenvalue weighted by atomic mass is 16.5. The quantitative estimate of drug-likeness (QED) is 0.393. The summed E-state index contributed by atoms with van der Waals surface area (Å²) in [5.74, 6) is 0.722. The van der Waals surface area contributed by atoms with Crippen LogP contribution in [0.15, 0.2) is 108 Å². The second-order valence-corrected chi connectivity index (χ2v) is 7.38. The summed E-state index contributed by atoms with van der Waals surface area (Å²) in [4.78, 5) is 13.4. The fourth-order valence-corrected chi connectivity index (χ4v) is 3.76. The van der Waals surface area contributed by atoms with Crippen molar-refractivity contribution in [2.24, 2.45) is 0 Å². The van der Waals surface area contributed by atoms with Crippen molar-refractivity contribution in [3.8, 4) is 23.2 Å². The average molecular weight is 417 g/mol. The highest BCUT2D eigenvalue weighted by Crippen LogP contribution is 2.23. The maximum atomic E-state index is 13.4. The van der Waals surface area contributed by atoms with E-state index in [0.29, 0.717) is 23.2 Å². The Morgan fingerprint density at radius 1 is 0.750 bits per heavy atom. The van der Waals surface area contributed by atoms with E-state index in [2.05, 4.69) is 6.07 Å². The predicted molar refractivity (Wildman–Crippen MR) is 124 cm³/mol. The first kappa shape index (κ1) is 19.4. The van der Waals surface area contributed by atoms with E-state index in [9.17, 15) is 10.1 Å². The van der Waals surface area contributed by atoms with Crippen LogP contribution in [0.25, 0.3) is 22.3 Å². The van der Waals surface area contributed by atoms with Crippen molar-refractivity contribution in [1.82, 2.24) is 9.36 Å². The van der Waals surface area contributed by atoms with Crippen LogP contribution in [0.1, 0.15) is 11.1 Å². The van der Waals surface area contributed by atoms with Crippen molar-refractivity contribution >= 4 is 10.9 Å². The molecular weight excluding hydrogens is 398 g/mol. The summed E-state index contributed by atoms with van der Waals surface area (Å²) in [7, 11) is 0. The Labute approximate surface area is 184 Å². The monoisotopic (exact) mass is 417 g/mol. The van der Waals surface area contributed by atoms with E-state index in [0.717, 1.165) is 22.5 Å². The van der Waals surface area contributed by atoms with Gasteiger partial charge in [-0.3, -0.25) is 4.79 Å². The summed E-state index contributed by atoms with van der Waals surface area (Å²) in [5.41, 5.74) is 3.67. The van der Waals surface area contributed by atoms with Gasteiger partial charge in [-0.25, -0.2) is 9.36 Å². The van der Waals surface area contributed by atoms with E-state index in [1.165, 1.54) is 0 Å². The summed E-state index contributed by atoms with van der Waals surface area (Å²) in [6, 6.07) is 34.4. The van der Waals surface area contributed by atoms with Crippen LogP contribution in [-0.2, 0) is 6.61 Å². The zero-order valence-electron chi connectivity index (χ0n) is 17.2. The van der Waals surface area contributed by atoms with Gasteiger partial charge in [-0.05, 0) is 60.2 Å². The van der Waals surface area contributed by atoms with Crippen LogP contribution >= 0.6 is 0 Å². The van der Waals surface area contributed by atoms with Gasteiger partial charge < -0.3 is 4.74 Å². The third kappa shape index (κ3) is 3.55. The fourth-order valence-electron chi connectivity index (χ4n) is 3.76. The molecule has 0 atom stereocenters. The van der Waals surface area contributed by atoms with Crippen LogP contribution in [0.5, 0.6) is 5.75 Å². The molecule has 0 N–H and O–H groups in total. The minimum atomic E-state index is -0.182. The molecule has 0 aliphatic carbocycles. The number of nitrogens with zero attached hydrogens (tertiary/aromatic N) is 3. The highest BCUT2D eigenvalue weighted by molar-refractivity contribution is 5.82. The number of para-hydroxylation sites is 1. The Morgan fingerprint density at radius 3 is 2.09 bits per heavy atom. The topological polar surface area (TPSA) is 59.9 Å². The second kappa shape index (κ2) is 8.29. The minimum Gasteiger partial charge on any atom is -0.489 e. The molecule has 32 heavy (non-hydrogen) atoms. The molecule has 0 spiro atoms. The Balaban J connectivity index is 1.58. The Kier molecular flexibility index (Phi) is 5.03. The van der Waals surface area contributed by atoms with Crippen molar-refractivity contribution < 1.29 is 4.74 Å². The van der Waals surface area contributed by atoms with Crippen molar-refractivity contribution in [3.63, 3.8) is 0 Å². The molecule has 0 aliphatic rings. The van der Waals surface area contributed by atoms with Gasteiger partial charge in [0, 0.05) is 0 Å². The van der Waals surface area contributed by atoms with Crippen LogP contribution in [0.2, 0.25) is 0 Å². The number of fused-ring (bicyclic) bond motifs is 1. The summed E-state index contributed by atoms with van der Waals surface area (Å²) in [5, 5.41) is 9.78. The Hall–Kier alpha value is -4.56. The molecule has 5 nitrogen and oxygen atoms in total. The molecule has 0 fully saturated rings. The first-order valence-corrected chi connectivity index (χ1v) is 10.2. The zero-order valence-corrected chi connectivity index (χ0v) is 17.2. The molecule has 154 valence electrons. The molecule has 0 radical (unpaired) electrons. The molecule has 5 aromatic rings. The standard InChI is InChI=1S/C27H19N3O2/c28-18-21-11-16-26-25(17-21)27(31)30(29(26)22-9-5-2-6-10-22)23-12-14-24(15-13-23)32-19-20-7-3-1-4-8-20/h1-17H,19H2. The lowest BCUT2D eigenvalue weighted by atomic mass is 10.2. The predicted octanol–water partition coefficient (Wildman–Crippen LogP) is 5.23. The van der Waals surface area contributed by atoms with Gasteiger partial charge in [-0.15, -0.1) is 0 Å². The first-order chi connectivity index (χ1) is 15.7. The number of nitriles is 1. The summed E-state index contributed by atoms with van der Waals surface area (Å²) >= 11 is 0. The maximum Gasteiger partial charge on any atom is 0.279 e. The van der Waals surface area contributed by atoms with Crippen molar-refractivity contribution in [3.05, 3.63) is 125 Å². The fraction of sp³-hybridized carbons (Fsp3) is 0.0370. The zero-order chi connectivity index (χ0) is 21.9. The normalized spacial score (nSPS) is 10.7. The van der Waals surface area contributed by atoms with Crippen LogP contribution in [0.4, 0.5) is 0 Å². The van der Waals surface area contributed by atoms with E-state index in [1.807, 2.05) is 95.7 Å². The van der Waals surface area contributed by atoms with Crippen LogP contribution < -0.4 is 10.3 Å². The lowest BCUT2D eigenvalue weighted by molar-refractivity contribution is 0.306. The van der Waals surface area contributed by atoms with Crippen molar-refractivity contribution in [2.75, 3.05) is 0 Å². The first-order valence-electron chi connectivity index (χ1n) is 10.2. The van der Waals surface area contributed by atoms with E-state index in [4.69, 9.17) is 4.74 Å². The molecule has 0 amide bonds. The Bertz CT molecular complexity index is 1480. The number of benzene rings is 4. The van der Waals surface area contributed by atoms with Gasteiger partial charge in [0.2, 0.25) is 0 Å². The van der Waals surface area contributed by atoms with Gasteiger partial charge in [0.15, 0.2) is 0 Å². The van der Waals surface area contributed by atoms with E-state index < -0.39 is 0 Å². The minimum absolute atomic E-state index is 0.182. The molecule has 1 aromatic heterocycles. The van der Waals surface area contributed by atoms with Crippen molar-refractivity contribution in [2.45, 2.75) is 6.61 Å². The molecule has 4 aromatic carbocycles. The molecule has 0 aliphatic heterocycles. The largest absolute Gasteiger partial charge is 0.489 e. The Morgan fingerprint density at radius 2 is 1.41 bits per heavy atom. The second-order valence-electron chi connectivity index (χ2n) is 7.38. The number of aromatic nitrogens is 2. The van der Waals surface area contributed by atoms with E-state index in [-0.39, 0.29) is 5.56 Å². The highest BCUT2D eigenvalue weighted by Gasteiger charge is 2.16. The molecule has 5 rings (SSSR count). The molecule has 0 unspecified atom stereocenters. The number of ether oxygens (including phenoxy) is 1. The van der Waals surface area contributed by atoms with Gasteiger partial charge in [0.1, 0.15) is 12.4 Å². The number of hydrogen-bond donors (Lipinski definition) is 0. The maximum absolute atomic E-state index is 13.4. The van der Waals surface area contributed by atoms with Gasteiger partial charge >= 0.3 is 0 Å². The molecule has 5 heteroatoms.